The molecule has 1 aliphatic rings. The highest BCUT2D eigenvalue weighted by molar-refractivity contribution is 6.30. The fourth-order valence-electron chi connectivity index (χ4n) is 3.04. The van der Waals surface area contributed by atoms with Gasteiger partial charge < -0.3 is 10.2 Å². The average Bonchev–Trinajstić information content (AvgIpc) is 2.45. The molecule has 3 nitrogen and oxygen atoms in total. The second-order valence-electron chi connectivity index (χ2n) is 5.57. The molecular weight excluding hydrogens is 272 g/mol. The van der Waals surface area contributed by atoms with E-state index in [4.69, 9.17) is 11.6 Å². The van der Waals surface area contributed by atoms with Crippen molar-refractivity contribution in [2.24, 2.45) is 0 Å². The summed E-state index contributed by atoms with van der Waals surface area (Å²) >= 11 is 5.91. The van der Waals surface area contributed by atoms with E-state index in [2.05, 4.69) is 12.2 Å². The zero-order valence-corrected chi connectivity index (χ0v) is 12.9. The minimum absolute atomic E-state index is 0.0835. The van der Waals surface area contributed by atoms with Gasteiger partial charge in [0.15, 0.2) is 0 Å². The summed E-state index contributed by atoms with van der Waals surface area (Å²) < 4.78 is 0. The van der Waals surface area contributed by atoms with Crippen molar-refractivity contribution < 1.29 is 9.69 Å². The Morgan fingerprint density at radius 3 is 3.05 bits per heavy atom. The smallest absolute Gasteiger partial charge is 0.230 e. The lowest BCUT2D eigenvalue weighted by atomic mass is 10.00. The molecule has 2 rings (SSSR count). The number of likely N-dealkylation sites (tertiary alicyclic amines) is 1. The molecule has 1 aromatic carbocycles. The number of anilines is 1. The topological polar surface area (TPSA) is 33.5 Å². The molecule has 1 fully saturated rings. The maximum atomic E-state index is 12.0. The van der Waals surface area contributed by atoms with Gasteiger partial charge in [0.05, 0.1) is 25.6 Å². The molecule has 0 aromatic heterocycles. The fourth-order valence-corrected chi connectivity index (χ4v) is 3.23. The molecule has 0 aliphatic carbocycles. The second-order valence-corrected chi connectivity index (χ2v) is 6.00. The Labute approximate surface area is 126 Å². The monoisotopic (exact) mass is 295 g/mol. The molecule has 0 spiro atoms. The number of hydrogen-bond acceptors (Lipinski definition) is 1. The SMILES string of the molecule is CC[C@@H]1CCCC[NH+]1CCC(=O)Nc1cccc(Cl)c1. The Bertz CT molecular complexity index is 450. The third kappa shape index (κ3) is 4.50. The maximum absolute atomic E-state index is 12.0. The van der Waals surface area contributed by atoms with E-state index in [1.54, 1.807) is 17.0 Å². The molecule has 2 N–H and O–H groups in total. The lowest BCUT2D eigenvalue weighted by Gasteiger charge is -2.31. The van der Waals surface area contributed by atoms with Crippen molar-refractivity contribution in [3.05, 3.63) is 29.3 Å². The summed E-state index contributed by atoms with van der Waals surface area (Å²) in [7, 11) is 0. The van der Waals surface area contributed by atoms with Crippen LogP contribution >= 0.6 is 11.6 Å². The van der Waals surface area contributed by atoms with Gasteiger partial charge in [-0.3, -0.25) is 4.79 Å². The number of quaternary nitrogens is 1. The average molecular weight is 296 g/mol. The van der Waals surface area contributed by atoms with Crippen LogP contribution in [0.1, 0.15) is 39.0 Å². The number of benzene rings is 1. The van der Waals surface area contributed by atoms with Gasteiger partial charge in [0.2, 0.25) is 5.91 Å². The molecule has 1 aromatic rings. The van der Waals surface area contributed by atoms with Crippen LogP contribution in [0.5, 0.6) is 0 Å². The Kier molecular flexibility index (Phi) is 5.86. The Balaban J connectivity index is 1.79. The number of piperidine rings is 1. The van der Waals surface area contributed by atoms with Gasteiger partial charge in [-0.25, -0.2) is 0 Å². The predicted molar refractivity (Wildman–Crippen MR) is 83.3 cm³/mol. The molecule has 4 heteroatoms. The Morgan fingerprint density at radius 2 is 2.30 bits per heavy atom. The Hall–Kier alpha value is -1.06. The molecule has 20 heavy (non-hydrogen) atoms. The number of halogens is 1. The Morgan fingerprint density at radius 1 is 1.45 bits per heavy atom. The normalized spacial score (nSPS) is 22.5. The van der Waals surface area contributed by atoms with E-state index in [-0.39, 0.29) is 5.91 Å². The van der Waals surface area contributed by atoms with Crippen LogP contribution in [0.25, 0.3) is 0 Å². The van der Waals surface area contributed by atoms with E-state index in [9.17, 15) is 4.79 Å². The third-order valence-corrected chi connectivity index (χ3v) is 4.39. The van der Waals surface area contributed by atoms with Crippen molar-refractivity contribution >= 4 is 23.2 Å². The molecule has 2 atom stereocenters. The van der Waals surface area contributed by atoms with Crippen molar-refractivity contribution in [1.82, 2.24) is 0 Å². The van der Waals surface area contributed by atoms with E-state index in [1.807, 2.05) is 12.1 Å². The predicted octanol–water partition coefficient (Wildman–Crippen LogP) is 2.52. The van der Waals surface area contributed by atoms with Crippen LogP contribution in [0, 0.1) is 0 Å². The van der Waals surface area contributed by atoms with Gasteiger partial charge in [-0.1, -0.05) is 24.6 Å². The molecule has 1 aliphatic heterocycles. The number of hydrogen-bond donors (Lipinski definition) is 2. The molecule has 110 valence electrons. The van der Waals surface area contributed by atoms with E-state index < -0.39 is 0 Å². The molecule has 0 radical (unpaired) electrons. The highest BCUT2D eigenvalue weighted by Crippen LogP contribution is 2.14. The van der Waals surface area contributed by atoms with E-state index in [0.717, 1.165) is 18.3 Å². The largest absolute Gasteiger partial charge is 0.332 e. The molecule has 1 unspecified atom stereocenters. The standard InChI is InChI=1S/C16H23ClN2O/c1-2-15-8-3-4-10-19(15)11-9-16(20)18-14-7-5-6-13(17)12-14/h5-7,12,15H,2-4,8-11H2,1H3,(H,18,20)/p+1/t15-/m1/s1. The maximum Gasteiger partial charge on any atom is 0.230 e. The van der Waals surface area contributed by atoms with Gasteiger partial charge in [0, 0.05) is 10.7 Å². The van der Waals surface area contributed by atoms with Gasteiger partial charge in [-0.2, -0.15) is 0 Å². The van der Waals surface area contributed by atoms with Gasteiger partial charge in [-0.15, -0.1) is 0 Å². The van der Waals surface area contributed by atoms with Crippen LogP contribution in [0.4, 0.5) is 5.69 Å². The fraction of sp³-hybridized carbons (Fsp3) is 0.562. The number of amides is 1. The van der Waals surface area contributed by atoms with Crippen molar-refractivity contribution in [1.29, 1.82) is 0 Å². The van der Waals surface area contributed by atoms with E-state index in [0.29, 0.717) is 11.4 Å². The number of nitrogens with one attached hydrogen (secondary N) is 2. The summed E-state index contributed by atoms with van der Waals surface area (Å²) in [5.41, 5.74) is 0.781. The van der Waals surface area contributed by atoms with Gasteiger partial charge >= 0.3 is 0 Å². The van der Waals surface area contributed by atoms with E-state index >= 15 is 0 Å². The van der Waals surface area contributed by atoms with Crippen LogP contribution < -0.4 is 10.2 Å². The van der Waals surface area contributed by atoms with Crippen LogP contribution in [0.3, 0.4) is 0 Å². The van der Waals surface area contributed by atoms with E-state index in [1.165, 1.54) is 32.2 Å². The molecule has 1 saturated heterocycles. The highest BCUT2D eigenvalue weighted by atomic mass is 35.5. The van der Waals surface area contributed by atoms with Crippen molar-refractivity contribution in [3.63, 3.8) is 0 Å². The summed E-state index contributed by atoms with van der Waals surface area (Å²) in [4.78, 5) is 13.6. The van der Waals surface area contributed by atoms with Crippen molar-refractivity contribution in [2.45, 2.75) is 45.1 Å². The molecule has 1 heterocycles. The second kappa shape index (κ2) is 7.65. The van der Waals surface area contributed by atoms with Crippen LogP contribution in [-0.4, -0.2) is 25.0 Å². The first-order chi connectivity index (χ1) is 9.69. The first-order valence-electron chi connectivity index (χ1n) is 7.59. The zero-order valence-electron chi connectivity index (χ0n) is 12.1. The first kappa shape index (κ1) is 15.3. The number of carbonyl (C=O) groups is 1. The molecular formula is C16H24ClN2O+. The molecule has 1 amide bonds. The van der Waals surface area contributed by atoms with Crippen molar-refractivity contribution in [3.8, 4) is 0 Å². The lowest BCUT2D eigenvalue weighted by Crippen LogP contribution is -3.16. The minimum Gasteiger partial charge on any atom is -0.332 e. The van der Waals surface area contributed by atoms with Crippen LogP contribution in [0.15, 0.2) is 24.3 Å². The highest BCUT2D eigenvalue weighted by Gasteiger charge is 2.24. The third-order valence-electron chi connectivity index (χ3n) is 4.15. The van der Waals surface area contributed by atoms with Crippen molar-refractivity contribution in [2.75, 3.05) is 18.4 Å². The summed E-state index contributed by atoms with van der Waals surface area (Å²) in [5, 5.41) is 3.57. The summed E-state index contributed by atoms with van der Waals surface area (Å²) in [6.45, 7) is 4.40. The summed E-state index contributed by atoms with van der Waals surface area (Å²) in [6, 6.07) is 8.04. The minimum atomic E-state index is 0.0835. The quantitative estimate of drug-likeness (QED) is 0.860. The van der Waals surface area contributed by atoms with Gasteiger partial charge in [0.25, 0.3) is 0 Å². The zero-order chi connectivity index (χ0) is 14.4. The van der Waals surface area contributed by atoms with Gasteiger partial charge in [0.1, 0.15) is 0 Å². The summed E-state index contributed by atoms with van der Waals surface area (Å²) in [6.07, 6.45) is 5.74. The van der Waals surface area contributed by atoms with Crippen LogP contribution in [-0.2, 0) is 4.79 Å². The van der Waals surface area contributed by atoms with Gasteiger partial charge in [-0.05, 0) is 43.9 Å². The first-order valence-corrected chi connectivity index (χ1v) is 7.97. The van der Waals surface area contributed by atoms with Crippen LogP contribution in [0.2, 0.25) is 5.02 Å². The number of rotatable bonds is 5. The molecule has 0 saturated carbocycles. The molecule has 0 bridgehead atoms. The number of carbonyl (C=O) groups excluding carboxylic acids is 1. The lowest BCUT2D eigenvalue weighted by molar-refractivity contribution is -0.930. The summed E-state index contributed by atoms with van der Waals surface area (Å²) in [5.74, 6) is 0.0835.